The Labute approximate surface area is 79.0 Å². The summed E-state index contributed by atoms with van der Waals surface area (Å²) in [6, 6.07) is 0.0625. The monoisotopic (exact) mass is 183 g/mol. The Balaban J connectivity index is 1.91. The lowest BCUT2D eigenvalue weighted by Crippen LogP contribution is -2.59. The second-order valence-corrected chi connectivity index (χ2v) is 4.14. The second kappa shape index (κ2) is 3.29. The summed E-state index contributed by atoms with van der Waals surface area (Å²) < 4.78 is 5.04. The van der Waals surface area contributed by atoms with Gasteiger partial charge in [0.15, 0.2) is 0 Å². The van der Waals surface area contributed by atoms with Gasteiger partial charge in [-0.15, -0.1) is 0 Å². The zero-order valence-corrected chi connectivity index (χ0v) is 8.32. The molecule has 1 aliphatic heterocycles. The van der Waals surface area contributed by atoms with Crippen molar-refractivity contribution in [2.24, 2.45) is 11.8 Å². The van der Waals surface area contributed by atoms with Gasteiger partial charge in [0.2, 0.25) is 0 Å². The summed E-state index contributed by atoms with van der Waals surface area (Å²) in [5, 5.41) is 0. The van der Waals surface area contributed by atoms with E-state index in [1.54, 1.807) is 0 Å². The maximum absolute atomic E-state index is 11.5. The third kappa shape index (κ3) is 1.57. The maximum Gasteiger partial charge on any atom is 0.323 e. The van der Waals surface area contributed by atoms with Crippen molar-refractivity contribution in [3.05, 3.63) is 0 Å². The summed E-state index contributed by atoms with van der Waals surface area (Å²) in [5.74, 6) is 1.38. The molecule has 0 radical (unpaired) electrons. The van der Waals surface area contributed by atoms with Crippen LogP contribution < -0.4 is 0 Å². The normalized spacial score (nSPS) is 34.0. The number of nitrogens with zero attached hydrogens (tertiary/aromatic N) is 1. The standard InChI is InChI=1S/C10H17NO2/c1-3-13-10(12)9-8(6-11(9)2)7-4-5-7/h7-9H,3-6H2,1-2H3/t8-,9+/m0/s1. The van der Waals surface area contributed by atoms with Crippen molar-refractivity contribution in [3.63, 3.8) is 0 Å². The lowest BCUT2D eigenvalue weighted by Gasteiger charge is -2.44. The van der Waals surface area contributed by atoms with Crippen molar-refractivity contribution in [2.45, 2.75) is 25.8 Å². The van der Waals surface area contributed by atoms with E-state index in [1.165, 1.54) is 12.8 Å². The fourth-order valence-corrected chi connectivity index (χ4v) is 2.25. The highest BCUT2D eigenvalue weighted by atomic mass is 16.5. The first-order valence-corrected chi connectivity index (χ1v) is 5.11. The molecule has 74 valence electrons. The number of hydrogen-bond acceptors (Lipinski definition) is 3. The molecule has 1 saturated heterocycles. The molecule has 1 heterocycles. The Hall–Kier alpha value is -0.570. The third-order valence-electron chi connectivity index (χ3n) is 3.13. The highest BCUT2D eigenvalue weighted by Gasteiger charge is 2.49. The van der Waals surface area contributed by atoms with Crippen LogP contribution in [0.15, 0.2) is 0 Å². The molecule has 0 unspecified atom stereocenters. The molecule has 1 aliphatic carbocycles. The lowest BCUT2D eigenvalue weighted by molar-refractivity contribution is -0.159. The number of carbonyl (C=O) groups is 1. The lowest BCUT2D eigenvalue weighted by atomic mass is 9.85. The van der Waals surface area contributed by atoms with Crippen molar-refractivity contribution in [3.8, 4) is 0 Å². The van der Waals surface area contributed by atoms with Crippen LogP contribution in [0.2, 0.25) is 0 Å². The maximum atomic E-state index is 11.5. The quantitative estimate of drug-likeness (QED) is 0.609. The highest BCUT2D eigenvalue weighted by molar-refractivity contribution is 5.77. The summed E-state index contributed by atoms with van der Waals surface area (Å²) in [6.07, 6.45) is 2.63. The Morgan fingerprint density at radius 2 is 2.23 bits per heavy atom. The fourth-order valence-electron chi connectivity index (χ4n) is 2.25. The summed E-state index contributed by atoms with van der Waals surface area (Å²) in [7, 11) is 2.00. The van der Waals surface area contributed by atoms with Gasteiger partial charge >= 0.3 is 5.97 Å². The van der Waals surface area contributed by atoms with Crippen molar-refractivity contribution in [2.75, 3.05) is 20.2 Å². The minimum absolute atomic E-state index is 0.0202. The van der Waals surface area contributed by atoms with Crippen LogP contribution in [0.4, 0.5) is 0 Å². The fraction of sp³-hybridized carbons (Fsp3) is 0.900. The number of hydrogen-bond donors (Lipinski definition) is 0. The average Bonchev–Trinajstić information content (AvgIpc) is 2.82. The molecule has 0 N–H and O–H groups in total. The molecule has 2 fully saturated rings. The first-order valence-electron chi connectivity index (χ1n) is 5.11. The molecule has 2 rings (SSSR count). The molecule has 2 aliphatic rings. The predicted octanol–water partition coefficient (Wildman–Crippen LogP) is 0.890. The smallest absolute Gasteiger partial charge is 0.323 e. The highest BCUT2D eigenvalue weighted by Crippen LogP contribution is 2.44. The molecule has 13 heavy (non-hydrogen) atoms. The topological polar surface area (TPSA) is 29.5 Å². The first-order chi connectivity index (χ1) is 6.24. The number of carbonyl (C=O) groups excluding carboxylic acids is 1. The van der Waals surface area contributed by atoms with E-state index < -0.39 is 0 Å². The molecule has 0 aromatic carbocycles. The van der Waals surface area contributed by atoms with Crippen LogP contribution in [0.3, 0.4) is 0 Å². The van der Waals surface area contributed by atoms with Crippen LogP contribution in [-0.2, 0) is 9.53 Å². The Morgan fingerprint density at radius 1 is 1.54 bits per heavy atom. The molecular weight excluding hydrogens is 166 g/mol. The zero-order valence-electron chi connectivity index (χ0n) is 8.32. The number of ether oxygens (including phenoxy) is 1. The van der Waals surface area contributed by atoms with Crippen molar-refractivity contribution < 1.29 is 9.53 Å². The van der Waals surface area contributed by atoms with Gasteiger partial charge in [0.05, 0.1) is 6.61 Å². The molecule has 0 aromatic heterocycles. The number of esters is 1. The largest absolute Gasteiger partial charge is 0.465 e. The first kappa shape index (κ1) is 9.00. The van der Waals surface area contributed by atoms with Gasteiger partial charge in [-0.05, 0) is 32.7 Å². The van der Waals surface area contributed by atoms with Crippen LogP contribution in [0, 0.1) is 11.8 Å². The van der Waals surface area contributed by atoms with Gasteiger partial charge in [-0.1, -0.05) is 0 Å². The van der Waals surface area contributed by atoms with E-state index in [2.05, 4.69) is 4.90 Å². The third-order valence-corrected chi connectivity index (χ3v) is 3.13. The van der Waals surface area contributed by atoms with Gasteiger partial charge in [0, 0.05) is 12.5 Å². The molecular formula is C10H17NO2. The van der Waals surface area contributed by atoms with E-state index in [0.717, 1.165) is 12.5 Å². The van der Waals surface area contributed by atoms with Crippen LogP contribution in [0.5, 0.6) is 0 Å². The summed E-state index contributed by atoms with van der Waals surface area (Å²) in [4.78, 5) is 13.6. The minimum atomic E-state index is -0.0202. The number of rotatable bonds is 3. The van der Waals surface area contributed by atoms with E-state index >= 15 is 0 Å². The minimum Gasteiger partial charge on any atom is -0.465 e. The number of likely N-dealkylation sites (tertiary alicyclic amines) is 1. The van der Waals surface area contributed by atoms with E-state index in [-0.39, 0.29) is 12.0 Å². The van der Waals surface area contributed by atoms with Crippen LogP contribution >= 0.6 is 0 Å². The van der Waals surface area contributed by atoms with E-state index in [4.69, 9.17) is 4.74 Å². The molecule has 3 nitrogen and oxygen atoms in total. The molecule has 3 heteroatoms. The van der Waals surface area contributed by atoms with Crippen LogP contribution in [-0.4, -0.2) is 37.1 Å². The molecule has 0 aromatic rings. The van der Waals surface area contributed by atoms with Gasteiger partial charge in [0.1, 0.15) is 6.04 Å². The van der Waals surface area contributed by atoms with Gasteiger partial charge in [-0.2, -0.15) is 0 Å². The SMILES string of the molecule is CCOC(=O)[C@H]1[C@H](C2CC2)CN1C. The Morgan fingerprint density at radius 3 is 2.69 bits per heavy atom. The zero-order chi connectivity index (χ0) is 9.42. The molecule has 0 bridgehead atoms. The Kier molecular flexibility index (Phi) is 2.28. The van der Waals surface area contributed by atoms with Gasteiger partial charge in [0.25, 0.3) is 0 Å². The summed E-state index contributed by atoms with van der Waals surface area (Å²) >= 11 is 0. The van der Waals surface area contributed by atoms with E-state index in [0.29, 0.717) is 12.5 Å². The predicted molar refractivity (Wildman–Crippen MR) is 49.3 cm³/mol. The van der Waals surface area contributed by atoms with Crippen molar-refractivity contribution in [1.29, 1.82) is 0 Å². The van der Waals surface area contributed by atoms with Crippen molar-refractivity contribution in [1.82, 2.24) is 4.90 Å². The second-order valence-electron chi connectivity index (χ2n) is 4.14. The average molecular weight is 183 g/mol. The van der Waals surface area contributed by atoms with E-state index in [1.807, 2.05) is 14.0 Å². The van der Waals surface area contributed by atoms with E-state index in [9.17, 15) is 4.79 Å². The molecule has 2 atom stereocenters. The molecule has 1 saturated carbocycles. The van der Waals surface area contributed by atoms with Gasteiger partial charge in [-0.3, -0.25) is 9.69 Å². The van der Waals surface area contributed by atoms with Crippen LogP contribution in [0.1, 0.15) is 19.8 Å². The number of likely N-dealkylation sites (N-methyl/N-ethyl adjacent to an activating group) is 1. The van der Waals surface area contributed by atoms with Gasteiger partial charge in [-0.25, -0.2) is 0 Å². The molecule has 0 spiro atoms. The van der Waals surface area contributed by atoms with Crippen LogP contribution in [0.25, 0.3) is 0 Å². The van der Waals surface area contributed by atoms with Gasteiger partial charge < -0.3 is 4.74 Å². The summed E-state index contributed by atoms with van der Waals surface area (Å²) in [6.45, 7) is 3.44. The Bertz CT molecular complexity index is 213. The van der Waals surface area contributed by atoms with Crippen molar-refractivity contribution >= 4 is 5.97 Å². The molecule has 0 amide bonds. The summed E-state index contributed by atoms with van der Waals surface area (Å²) in [5.41, 5.74) is 0.